The predicted octanol–water partition coefficient (Wildman–Crippen LogP) is 3.15. The van der Waals surface area contributed by atoms with Gasteiger partial charge >= 0.3 is 0 Å². The molecule has 18 heavy (non-hydrogen) atoms. The molecule has 1 aromatic heterocycles. The summed E-state index contributed by atoms with van der Waals surface area (Å²) in [4.78, 5) is 3.52. The standard InChI is InChI=1S/C15H20N2O/c1-15(2)7-11(16)14-10-6-9(18-3)4-5-12(10)17-13(14)8-15/h4-6,11,17H,7-8,16H2,1-3H3. The van der Waals surface area contributed by atoms with Gasteiger partial charge in [0.05, 0.1) is 7.11 Å². The molecule has 1 heterocycles. The number of ether oxygens (including phenoxy) is 1. The van der Waals surface area contributed by atoms with E-state index in [1.54, 1.807) is 7.11 Å². The maximum atomic E-state index is 6.36. The van der Waals surface area contributed by atoms with E-state index in [9.17, 15) is 0 Å². The van der Waals surface area contributed by atoms with Gasteiger partial charge in [0.15, 0.2) is 0 Å². The number of hydrogen-bond donors (Lipinski definition) is 2. The van der Waals surface area contributed by atoms with Crippen LogP contribution in [0.3, 0.4) is 0 Å². The van der Waals surface area contributed by atoms with Crippen LogP contribution in [-0.2, 0) is 6.42 Å². The molecule has 0 fully saturated rings. The van der Waals surface area contributed by atoms with Gasteiger partial charge in [-0.05, 0) is 42.0 Å². The van der Waals surface area contributed by atoms with E-state index in [1.807, 2.05) is 6.07 Å². The number of methoxy groups -OCH3 is 1. The lowest BCUT2D eigenvalue weighted by Crippen LogP contribution is -2.29. The van der Waals surface area contributed by atoms with Gasteiger partial charge in [-0.1, -0.05) is 13.8 Å². The number of aromatic amines is 1. The maximum absolute atomic E-state index is 6.36. The minimum Gasteiger partial charge on any atom is -0.497 e. The van der Waals surface area contributed by atoms with E-state index in [4.69, 9.17) is 10.5 Å². The van der Waals surface area contributed by atoms with Crippen LogP contribution in [0.1, 0.15) is 37.6 Å². The molecule has 1 unspecified atom stereocenters. The number of benzene rings is 1. The van der Waals surface area contributed by atoms with Crippen LogP contribution in [0.15, 0.2) is 18.2 Å². The van der Waals surface area contributed by atoms with Gasteiger partial charge < -0.3 is 15.5 Å². The Bertz CT molecular complexity index is 598. The summed E-state index contributed by atoms with van der Waals surface area (Å²) in [5.41, 5.74) is 10.4. The molecule has 0 radical (unpaired) electrons. The third-order valence-corrected chi connectivity index (χ3v) is 3.93. The van der Waals surface area contributed by atoms with Crippen LogP contribution in [0.25, 0.3) is 10.9 Å². The van der Waals surface area contributed by atoms with E-state index in [0.717, 1.165) is 24.1 Å². The molecule has 3 heteroatoms. The number of hydrogen-bond acceptors (Lipinski definition) is 2. The Morgan fingerprint density at radius 2 is 2.17 bits per heavy atom. The van der Waals surface area contributed by atoms with Crippen LogP contribution in [0, 0.1) is 5.41 Å². The van der Waals surface area contributed by atoms with Crippen LogP contribution in [0.2, 0.25) is 0 Å². The molecule has 0 bridgehead atoms. The first kappa shape index (κ1) is 11.6. The van der Waals surface area contributed by atoms with Gasteiger partial charge in [0.2, 0.25) is 0 Å². The van der Waals surface area contributed by atoms with Gasteiger partial charge in [0.25, 0.3) is 0 Å². The van der Waals surface area contributed by atoms with Crippen LogP contribution in [0.4, 0.5) is 0 Å². The molecule has 3 nitrogen and oxygen atoms in total. The third kappa shape index (κ3) is 1.70. The average molecular weight is 244 g/mol. The maximum Gasteiger partial charge on any atom is 0.119 e. The highest BCUT2D eigenvalue weighted by molar-refractivity contribution is 5.86. The van der Waals surface area contributed by atoms with E-state index in [-0.39, 0.29) is 11.5 Å². The molecule has 0 amide bonds. The van der Waals surface area contributed by atoms with Crippen molar-refractivity contribution in [3.05, 3.63) is 29.5 Å². The fraction of sp³-hybridized carbons (Fsp3) is 0.467. The molecule has 1 aliphatic carbocycles. The molecule has 1 atom stereocenters. The predicted molar refractivity (Wildman–Crippen MR) is 73.9 cm³/mol. The summed E-state index contributed by atoms with van der Waals surface area (Å²) in [5, 5.41) is 1.22. The summed E-state index contributed by atoms with van der Waals surface area (Å²) < 4.78 is 5.30. The molecule has 0 saturated carbocycles. The van der Waals surface area contributed by atoms with Crippen molar-refractivity contribution in [1.29, 1.82) is 0 Å². The Hall–Kier alpha value is -1.48. The second-order valence-corrected chi connectivity index (χ2v) is 6.08. The second-order valence-electron chi connectivity index (χ2n) is 6.08. The van der Waals surface area contributed by atoms with Gasteiger partial charge in [-0.25, -0.2) is 0 Å². The van der Waals surface area contributed by atoms with Crippen LogP contribution in [-0.4, -0.2) is 12.1 Å². The van der Waals surface area contributed by atoms with E-state index in [1.165, 1.54) is 16.6 Å². The number of nitrogens with one attached hydrogen (secondary N) is 1. The van der Waals surface area contributed by atoms with Gasteiger partial charge in [-0.3, -0.25) is 0 Å². The lowest BCUT2D eigenvalue weighted by molar-refractivity contribution is 0.281. The molecule has 0 saturated heterocycles. The van der Waals surface area contributed by atoms with Gasteiger partial charge in [0, 0.05) is 22.6 Å². The molecule has 2 aromatic rings. The Balaban J connectivity index is 2.21. The van der Waals surface area contributed by atoms with Crippen LogP contribution < -0.4 is 10.5 Å². The highest BCUT2D eigenvalue weighted by Gasteiger charge is 2.32. The largest absolute Gasteiger partial charge is 0.497 e. The van der Waals surface area contributed by atoms with Gasteiger partial charge in [0.1, 0.15) is 5.75 Å². The molecular weight excluding hydrogens is 224 g/mol. The monoisotopic (exact) mass is 244 g/mol. The first-order valence-corrected chi connectivity index (χ1v) is 6.44. The number of nitrogens with two attached hydrogens (primary N) is 1. The topological polar surface area (TPSA) is 51.0 Å². The molecule has 1 aliphatic rings. The minimum atomic E-state index is 0.115. The van der Waals surface area contributed by atoms with Crippen molar-refractivity contribution in [2.75, 3.05) is 7.11 Å². The van der Waals surface area contributed by atoms with Crippen molar-refractivity contribution >= 4 is 10.9 Å². The van der Waals surface area contributed by atoms with E-state index >= 15 is 0 Å². The van der Waals surface area contributed by atoms with E-state index < -0.39 is 0 Å². The Morgan fingerprint density at radius 1 is 1.39 bits per heavy atom. The van der Waals surface area contributed by atoms with Crippen LogP contribution >= 0.6 is 0 Å². The van der Waals surface area contributed by atoms with E-state index in [0.29, 0.717) is 0 Å². The van der Waals surface area contributed by atoms with Gasteiger partial charge in [-0.15, -0.1) is 0 Å². The zero-order valence-electron chi connectivity index (χ0n) is 11.2. The number of H-pyrrole nitrogens is 1. The van der Waals surface area contributed by atoms with Crippen molar-refractivity contribution in [2.24, 2.45) is 11.1 Å². The first-order chi connectivity index (χ1) is 8.50. The Morgan fingerprint density at radius 3 is 2.89 bits per heavy atom. The van der Waals surface area contributed by atoms with Crippen molar-refractivity contribution in [2.45, 2.75) is 32.7 Å². The summed E-state index contributed by atoms with van der Waals surface area (Å²) in [6.45, 7) is 4.56. The normalized spacial score (nSPS) is 21.9. The molecule has 0 spiro atoms. The number of rotatable bonds is 1. The zero-order chi connectivity index (χ0) is 12.9. The fourth-order valence-corrected chi connectivity index (χ4v) is 3.19. The summed E-state index contributed by atoms with van der Waals surface area (Å²) in [6.07, 6.45) is 2.09. The SMILES string of the molecule is COc1ccc2[nH]c3c(c2c1)C(N)CC(C)(C)C3. The highest BCUT2D eigenvalue weighted by atomic mass is 16.5. The Kier molecular flexibility index (Phi) is 2.42. The number of aromatic nitrogens is 1. The second kappa shape index (κ2) is 3.75. The van der Waals surface area contributed by atoms with Crippen LogP contribution in [0.5, 0.6) is 5.75 Å². The highest BCUT2D eigenvalue weighted by Crippen LogP contribution is 2.43. The lowest BCUT2D eigenvalue weighted by Gasteiger charge is -2.33. The van der Waals surface area contributed by atoms with Crippen molar-refractivity contribution in [3.8, 4) is 5.75 Å². The minimum absolute atomic E-state index is 0.115. The smallest absolute Gasteiger partial charge is 0.119 e. The molecule has 1 aromatic carbocycles. The molecule has 3 rings (SSSR count). The van der Waals surface area contributed by atoms with Crippen molar-refractivity contribution in [3.63, 3.8) is 0 Å². The summed E-state index contributed by atoms with van der Waals surface area (Å²) >= 11 is 0. The van der Waals surface area contributed by atoms with Crippen molar-refractivity contribution in [1.82, 2.24) is 4.98 Å². The molecule has 3 N–H and O–H groups in total. The van der Waals surface area contributed by atoms with E-state index in [2.05, 4.69) is 31.0 Å². The first-order valence-electron chi connectivity index (χ1n) is 6.44. The van der Waals surface area contributed by atoms with Crippen molar-refractivity contribution < 1.29 is 4.74 Å². The summed E-state index contributed by atoms with van der Waals surface area (Å²) in [7, 11) is 1.70. The third-order valence-electron chi connectivity index (χ3n) is 3.93. The summed E-state index contributed by atoms with van der Waals surface area (Å²) in [5.74, 6) is 0.890. The summed E-state index contributed by atoms with van der Waals surface area (Å²) in [6, 6.07) is 6.26. The lowest BCUT2D eigenvalue weighted by atomic mass is 9.74. The molecule has 0 aliphatic heterocycles. The molecule has 96 valence electrons. The Labute approximate surface area is 107 Å². The quantitative estimate of drug-likeness (QED) is 0.809. The van der Waals surface area contributed by atoms with Gasteiger partial charge in [-0.2, -0.15) is 0 Å². The average Bonchev–Trinajstić information content (AvgIpc) is 2.63. The zero-order valence-corrected chi connectivity index (χ0v) is 11.2. The number of fused-ring (bicyclic) bond motifs is 3. The molecular formula is C15H20N2O. The fourth-order valence-electron chi connectivity index (χ4n) is 3.19.